The minimum Gasteiger partial charge on any atom is -0.481 e. The van der Waals surface area contributed by atoms with E-state index in [0.717, 1.165) is 116 Å². The number of unbranched alkanes of at least 4 members (excludes halogenated alkanes) is 21. The van der Waals surface area contributed by atoms with Crippen LogP contribution in [0.1, 0.15) is 233 Å². The predicted molar refractivity (Wildman–Crippen MR) is 257 cm³/mol. The summed E-state index contributed by atoms with van der Waals surface area (Å²) in [5, 5.41) is 32.2. The summed E-state index contributed by atoms with van der Waals surface area (Å²) in [6.45, 7) is 6.59. The maximum atomic E-state index is 13.4. The number of carbonyl (C=O) groups is 3. The van der Waals surface area contributed by atoms with Crippen LogP contribution >= 0.6 is 0 Å². The fourth-order valence-corrected chi connectivity index (χ4v) is 8.28. The lowest BCUT2D eigenvalue weighted by atomic mass is 9.60. The Labute approximate surface area is 369 Å². The molecule has 0 aliphatic carbocycles. The molecule has 0 aliphatic rings. The molecule has 0 saturated carbocycles. The van der Waals surface area contributed by atoms with E-state index in [1.165, 1.54) is 57.8 Å². The molecule has 6 nitrogen and oxygen atoms in total. The lowest BCUT2D eigenvalue weighted by molar-refractivity contribution is -0.176. The van der Waals surface area contributed by atoms with E-state index in [1.54, 1.807) is 0 Å². The van der Waals surface area contributed by atoms with E-state index < -0.39 is 35.2 Å². The van der Waals surface area contributed by atoms with Crippen molar-refractivity contribution in [2.24, 2.45) is 17.3 Å². The summed E-state index contributed by atoms with van der Waals surface area (Å²) in [5.74, 6) is -6.10. The molecular formula is C54H92O6. The van der Waals surface area contributed by atoms with E-state index in [0.29, 0.717) is 19.3 Å². The number of hydrogen-bond donors (Lipinski definition) is 3. The fraction of sp³-hybridized carbons (Fsp3) is 0.722. The van der Waals surface area contributed by atoms with Crippen molar-refractivity contribution in [2.45, 2.75) is 233 Å². The normalized spacial score (nSPS) is 14.4. The average Bonchev–Trinajstić information content (AvgIpc) is 3.22. The number of carboxylic acid groups (broad SMARTS) is 3. The van der Waals surface area contributed by atoms with E-state index in [-0.39, 0.29) is 19.3 Å². The van der Waals surface area contributed by atoms with Gasteiger partial charge in [0.1, 0.15) is 0 Å². The van der Waals surface area contributed by atoms with Crippen molar-refractivity contribution in [1.29, 1.82) is 0 Å². The zero-order valence-corrected chi connectivity index (χ0v) is 39.0. The van der Waals surface area contributed by atoms with Crippen molar-refractivity contribution < 1.29 is 29.7 Å². The summed E-state index contributed by atoms with van der Waals surface area (Å²) in [6, 6.07) is 0. The van der Waals surface area contributed by atoms with Gasteiger partial charge < -0.3 is 15.3 Å². The third kappa shape index (κ3) is 30.8. The molecule has 344 valence electrons. The molecule has 3 N–H and O–H groups in total. The fourth-order valence-electron chi connectivity index (χ4n) is 8.28. The van der Waals surface area contributed by atoms with Gasteiger partial charge in [-0.25, -0.2) is 0 Å². The second-order valence-corrected chi connectivity index (χ2v) is 17.1. The van der Waals surface area contributed by atoms with E-state index in [9.17, 15) is 29.7 Å². The SMILES string of the molecule is CC/C=C\C/C=C\C/C=C\CCCCCCC(C(=O)O)(C(CCCCCC/C=C\C/C=C\CCCCC)C(=O)O)C(CCCCCC/C=C\CCCCCCCC)C(=O)O. The van der Waals surface area contributed by atoms with Crippen molar-refractivity contribution in [3.05, 3.63) is 72.9 Å². The first-order valence-electron chi connectivity index (χ1n) is 24.9. The predicted octanol–water partition coefficient (Wildman–Crippen LogP) is 16.7. The molecular weight excluding hydrogens is 745 g/mol. The largest absolute Gasteiger partial charge is 0.481 e. The first kappa shape index (κ1) is 56.9. The molecule has 0 aromatic rings. The average molecular weight is 837 g/mol. The number of hydrogen-bond acceptors (Lipinski definition) is 3. The van der Waals surface area contributed by atoms with Gasteiger partial charge in [0.2, 0.25) is 0 Å². The van der Waals surface area contributed by atoms with Gasteiger partial charge in [0.15, 0.2) is 0 Å². The van der Waals surface area contributed by atoms with Gasteiger partial charge in [-0.2, -0.15) is 0 Å². The third-order valence-corrected chi connectivity index (χ3v) is 11.9. The standard InChI is InChI=1S/C54H92O6/c1-4-7-10-13-16-19-22-25-28-31-34-37-40-43-46-49(51(55)56)54(53(59)60,48-45-42-39-36-33-30-27-24-21-18-15-12-9-6-3)50(52(57)58)47-44-41-38-35-32-29-26-23-20-17-14-11-8-5-2/h9,12,16,18-19,21,25-30,49-50H,4-8,10-11,13-15,17,20,22-24,31-48H2,1-3H3,(H,55,56)(H,57,58)(H,59,60)/b12-9-,19-16-,21-18-,28-25-,29-26-,30-27-. The Hall–Kier alpha value is -3.15. The zero-order chi connectivity index (χ0) is 44.2. The summed E-state index contributed by atoms with van der Waals surface area (Å²) >= 11 is 0. The molecule has 0 amide bonds. The van der Waals surface area contributed by atoms with Crippen molar-refractivity contribution >= 4 is 17.9 Å². The van der Waals surface area contributed by atoms with Crippen molar-refractivity contribution in [3.8, 4) is 0 Å². The molecule has 0 aromatic carbocycles. The second kappa shape index (κ2) is 42.5. The van der Waals surface area contributed by atoms with Crippen molar-refractivity contribution in [1.82, 2.24) is 0 Å². The van der Waals surface area contributed by atoms with Gasteiger partial charge in [-0.05, 0) is 109 Å². The summed E-state index contributed by atoms with van der Waals surface area (Å²) < 4.78 is 0. The molecule has 0 spiro atoms. The van der Waals surface area contributed by atoms with Crippen LogP contribution in [0.15, 0.2) is 72.9 Å². The van der Waals surface area contributed by atoms with Crippen molar-refractivity contribution in [3.63, 3.8) is 0 Å². The molecule has 3 unspecified atom stereocenters. The Morgan fingerprint density at radius 3 is 1.07 bits per heavy atom. The molecule has 6 heteroatoms. The highest BCUT2D eigenvalue weighted by molar-refractivity contribution is 5.88. The van der Waals surface area contributed by atoms with Crippen LogP contribution in [0.25, 0.3) is 0 Å². The van der Waals surface area contributed by atoms with Crippen LogP contribution < -0.4 is 0 Å². The van der Waals surface area contributed by atoms with E-state index >= 15 is 0 Å². The quantitative estimate of drug-likeness (QED) is 0.0416. The van der Waals surface area contributed by atoms with Crippen LogP contribution in [0.5, 0.6) is 0 Å². The molecule has 0 heterocycles. The Morgan fingerprint density at radius 1 is 0.383 bits per heavy atom. The molecule has 0 bridgehead atoms. The Kier molecular flexibility index (Phi) is 40.3. The van der Waals surface area contributed by atoms with E-state index in [1.807, 2.05) is 0 Å². The van der Waals surface area contributed by atoms with Gasteiger partial charge in [-0.15, -0.1) is 0 Å². The molecule has 0 saturated heterocycles. The van der Waals surface area contributed by atoms with E-state index in [2.05, 4.69) is 93.7 Å². The monoisotopic (exact) mass is 837 g/mol. The van der Waals surface area contributed by atoms with Crippen molar-refractivity contribution in [2.75, 3.05) is 0 Å². The number of allylic oxidation sites excluding steroid dienone is 12. The van der Waals surface area contributed by atoms with Gasteiger partial charge in [-0.3, -0.25) is 14.4 Å². The van der Waals surface area contributed by atoms with Gasteiger partial charge in [-0.1, -0.05) is 196 Å². The van der Waals surface area contributed by atoms with Crippen LogP contribution in [-0.2, 0) is 14.4 Å². The molecule has 3 atom stereocenters. The highest BCUT2D eigenvalue weighted by atomic mass is 16.4. The zero-order valence-electron chi connectivity index (χ0n) is 39.0. The molecule has 0 rings (SSSR count). The molecule has 60 heavy (non-hydrogen) atoms. The maximum absolute atomic E-state index is 13.4. The summed E-state index contributed by atoms with van der Waals surface area (Å²) in [6.07, 6.45) is 57.2. The van der Waals surface area contributed by atoms with Gasteiger partial charge in [0, 0.05) is 0 Å². The van der Waals surface area contributed by atoms with Crippen LogP contribution in [0.3, 0.4) is 0 Å². The lowest BCUT2D eigenvalue weighted by Crippen LogP contribution is -2.51. The second-order valence-electron chi connectivity index (χ2n) is 17.1. The highest BCUT2D eigenvalue weighted by Crippen LogP contribution is 2.47. The minimum atomic E-state index is -1.84. The number of rotatable bonds is 44. The first-order chi connectivity index (χ1) is 29.3. The molecule has 0 fully saturated rings. The summed E-state index contributed by atoms with van der Waals surface area (Å²) in [5.41, 5.74) is -1.84. The Morgan fingerprint density at radius 2 is 0.683 bits per heavy atom. The first-order valence-corrected chi connectivity index (χ1v) is 24.9. The van der Waals surface area contributed by atoms with Gasteiger partial charge in [0.25, 0.3) is 0 Å². The van der Waals surface area contributed by atoms with Gasteiger partial charge >= 0.3 is 17.9 Å². The molecule has 0 aromatic heterocycles. The molecule has 0 aliphatic heterocycles. The Balaban J connectivity index is 5.39. The topological polar surface area (TPSA) is 112 Å². The number of carboxylic acids is 3. The number of aliphatic carboxylic acids is 3. The molecule has 0 radical (unpaired) electrons. The maximum Gasteiger partial charge on any atom is 0.311 e. The highest BCUT2D eigenvalue weighted by Gasteiger charge is 2.56. The summed E-state index contributed by atoms with van der Waals surface area (Å²) in [7, 11) is 0. The third-order valence-electron chi connectivity index (χ3n) is 11.9. The van der Waals surface area contributed by atoms with Gasteiger partial charge in [0.05, 0.1) is 17.3 Å². The Bertz CT molecular complexity index is 1210. The van der Waals surface area contributed by atoms with Crippen LogP contribution in [0.4, 0.5) is 0 Å². The van der Waals surface area contributed by atoms with Crippen LogP contribution in [0, 0.1) is 17.3 Å². The summed E-state index contributed by atoms with van der Waals surface area (Å²) in [4.78, 5) is 39.4. The van der Waals surface area contributed by atoms with Crippen LogP contribution in [0.2, 0.25) is 0 Å². The minimum absolute atomic E-state index is 0.0740. The lowest BCUT2D eigenvalue weighted by Gasteiger charge is -2.40. The van der Waals surface area contributed by atoms with E-state index in [4.69, 9.17) is 0 Å². The smallest absolute Gasteiger partial charge is 0.311 e. The van der Waals surface area contributed by atoms with Crippen LogP contribution in [-0.4, -0.2) is 33.2 Å².